The number of ether oxygens (including phenoxy) is 1. The van der Waals surface area contributed by atoms with Gasteiger partial charge >= 0.3 is 11.9 Å². The molecule has 0 amide bonds. The normalized spacial score (nSPS) is 12.9. The maximum Gasteiger partial charge on any atom is 0.323 e. The fourth-order valence-electron chi connectivity index (χ4n) is 2.89. The number of carbonyl (C=O) groups is 3. The quantitative estimate of drug-likeness (QED) is 0.446. The summed E-state index contributed by atoms with van der Waals surface area (Å²) in [5.41, 5.74) is 1.39. The van der Waals surface area contributed by atoms with Crippen LogP contribution in [0.2, 0.25) is 0 Å². The molecule has 0 aromatic heterocycles. The molecule has 0 aliphatic carbocycles. The van der Waals surface area contributed by atoms with Crippen LogP contribution in [-0.2, 0) is 20.9 Å². The van der Waals surface area contributed by atoms with Crippen LogP contribution in [0.4, 0.5) is 0 Å². The first kappa shape index (κ1) is 22.3. The van der Waals surface area contributed by atoms with E-state index < -0.39 is 24.0 Å². The van der Waals surface area contributed by atoms with Gasteiger partial charge in [-0.1, -0.05) is 74.5 Å². The monoisotopic (exact) mass is 397 g/mol. The van der Waals surface area contributed by atoms with E-state index in [2.05, 4.69) is 5.32 Å². The Balaban J connectivity index is 1.96. The van der Waals surface area contributed by atoms with Crippen LogP contribution in [0.1, 0.15) is 42.6 Å². The Kier molecular flexibility index (Phi) is 8.55. The molecule has 6 nitrogen and oxygen atoms in total. The van der Waals surface area contributed by atoms with Crippen molar-refractivity contribution in [1.29, 1.82) is 0 Å². The van der Waals surface area contributed by atoms with Crippen LogP contribution in [0, 0.1) is 5.92 Å². The fraction of sp³-hybridized carbons (Fsp3) is 0.348. The fourth-order valence-corrected chi connectivity index (χ4v) is 2.89. The van der Waals surface area contributed by atoms with E-state index in [0.717, 1.165) is 5.56 Å². The van der Waals surface area contributed by atoms with E-state index in [1.165, 1.54) is 0 Å². The van der Waals surface area contributed by atoms with E-state index in [1.807, 2.05) is 50.2 Å². The second-order valence-electron chi connectivity index (χ2n) is 7.20. The molecule has 0 heterocycles. The lowest BCUT2D eigenvalue weighted by atomic mass is 9.99. The Morgan fingerprint density at radius 2 is 1.55 bits per heavy atom. The summed E-state index contributed by atoms with van der Waals surface area (Å²) in [6, 6.07) is 16.2. The molecule has 2 aromatic rings. The van der Waals surface area contributed by atoms with E-state index >= 15 is 0 Å². The van der Waals surface area contributed by atoms with Crippen LogP contribution in [0.25, 0.3) is 0 Å². The maximum atomic E-state index is 12.5. The van der Waals surface area contributed by atoms with Gasteiger partial charge in [0.05, 0.1) is 0 Å². The van der Waals surface area contributed by atoms with Gasteiger partial charge in [-0.3, -0.25) is 19.7 Å². The highest BCUT2D eigenvalue weighted by atomic mass is 16.5. The summed E-state index contributed by atoms with van der Waals surface area (Å²) < 4.78 is 5.37. The zero-order chi connectivity index (χ0) is 21.2. The highest BCUT2D eigenvalue weighted by Crippen LogP contribution is 2.12. The number of hydrogen-bond donors (Lipinski definition) is 2. The number of benzene rings is 2. The van der Waals surface area contributed by atoms with Gasteiger partial charge in [0.1, 0.15) is 18.7 Å². The standard InChI is InChI=1S/C23H27NO5/c1-16(2)21(23(28)29-15-17-9-5-3-6-10-17)24-19(22(26)27)13-14-20(25)18-11-7-4-8-12-18/h3-12,16,19,21,24H,13-15H2,1-2H3,(H,26,27). The van der Waals surface area contributed by atoms with Crippen molar-refractivity contribution in [2.45, 2.75) is 45.4 Å². The molecule has 0 saturated heterocycles. The van der Waals surface area contributed by atoms with E-state index in [9.17, 15) is 19.5 Å². The van der Waals surface area contributed by atoms with Crippen molar-refractivity contribution in [3.63, 3.8) is 0 Å². The minimum absolute atomic E-state index is 0.0673. The molecule has 2 N–H and O–H groups in total. The van der Waals surface area contributed by atoms with E-state index in [-0.39, 0.29) is 31.1 Å². The Hall–Kier alpha value is -2.99. The van der Waals surface area contributed by atoms with Crippen LogP contribution in [0.5, 0.6) is 0 Å². The molecule has 0 saturated carbocycles. The second kappa shape index (κ2) is 11.1. The average Bonchev–Trinajstić information content (AvgIpc) is 2.72. The van der Waals surface area contributed by atoms with Crippen molar-refractivity contribution >= 4 is 17.7 Å². The van der Waals surface area contributed by atoms with Gasteiger partial charge in [0.15, 0.2) is 5.78 Å². The molecule has 2 unspecified atom stereocenters. The molecule has 0 aliphatic heterocycles. The summed E-state index contributed by atoms with van der Waals surface area (Å²) >= 11 is 0. The second-order valence-corrected chi connectivity index (χ2v) is 7.20. The summed E-state index contributed by atoms with van der Waals surface area (Å²) in [5.74, 6) is -1.92. The van der Waals surface area contributed by atoms with Gasteiger partial charge in [0, 0.05) is 12.0 Å². The SMILES string of the molecule is CC(C)C(NC(CCC(=O)c1ccccc1)C(=O)O)C(=O)OCc1ccccc1. The first-order chi connectivity index (χ1) is 13.9. The van der Waals surface area contributed by atoms with Crippen LogP contribution >= 0.6 is 0 Å². The molecule has 0 radical (unpaired) electrons. The number of hydrogen-bond acceptors (Lipinski definition) is 5. The van der Waals surface area contributed by atoms with Crippen molar-refractivity contribution in [3.8, 4) is 0 Å². The number of carbonyl (C=O) groups excluding carboxylic acids is 2. The predicted molar refractivity (Wildman–Crippen MR) is 109 cm³/mol. The summed E-state index contributed by atoms with van der Waals surface area (Å²) in [4.78, 5) is 36.5. The molecular formula is C23H27NO5. The lowest BCUT2D eigenvalue weighted by Crippen LogP contribution is -2.50. The Morgan fingerprint density at radius 1 is 0.966 bits per heavy atom. The van der Waals surface area contributed by atoms with Crippen LogP contribution < -0.4 is 5.32 Å². The largest absolute Gasteiger partial charge is 0.480 e. The number of Topliss-reactive ketones (excluding diaryl/α,β-unsaturated/α-hetero) is 1. The molecule has 2 rings (SSSR count). The van der Waals surface area contributed by atoms with Gasteiger partial charge in [-0.15, -0.1) is 0 Å². The third kappa shape index (κ3) is 7.16. The molecule has 29 heavy (non-hydrogen) atoms. The van der Waals surface area contributed by atoms with Crippen LogP contribution in [-0.4, -0.2) is 34.9 Å². The van der Waals surface area contributed by atoms with Crippen LogP contribution in [0.3, 0.4) is 0 Å². The predicted octanol–water partition coefficient (Wildman–Crippen LogP) is 3.46. The number of aliphatic carboxylic acids is 1. The molecule has 2 aromatic carbocycles. The summed E-state index contributed by atoms with van der Waals surface area (Å²) in [6.07, 6.45) is 0.149. The zero-order valence-corrected chi connectivity index (χ0v) is 16.7. The summed E-state index contributed by atoms with van der Waals surface area (Å²) in [5, 5.41) is 12.4. The number of rotatable bonds is 11. The summed E-state index contributed by atoms with van der Waals surface area (Å²) in [7, 11) is 0. The number of nitrogens with one attached hydrogen (secondary N) is 1. The molecule has 0 spiro atoms. The number of carboxylic acid groups (broad SMARTS) is 1. The highest BCUT2D eigenvalue weighted by Gasteiger charge is 2.30. The number of carboxylic acids is 1. The van der Waals surface area contributed by atoms with Gasteiger partial charge in [-0.2, -0.15) is 0 Å². The lowest BCUT2D eigenvalue weighted by molar-refractivity contribution is -0.150. The number of esters is 1. The lowest BCUT2D eigenvalue weighted by Gasteiger charge is -2.25. The topological polar surface area (TPSA) is 92.7 Å². The summed E-state index contributed by atoms with van der Waals surface area (Å²) in [6.45, 7) is 3.75. The molecule has 0 aliphatic rings. The first-order valence-corrected chi connectivity index (χ1v) is 9.66. The minimum Gasteiger partial charge on any atom is -0.480 e. The molecule has 154 valence electrons. The van der Waals surface area contributed by atoms with Crippen molar-refractivity contribution in [3.05, 3.63) is 71.8 Å². The maximum absolute atomic E-state index is 12.5. The van der Waals surface area contributed by atoms with Crippen molar-refractivity contribution in [2.75, 3.05) is 0 Å². The highest BCUT2D eigenvalue weighted by molar-refractivity contribution is 5.96. The third-order valence-corrected chi connectivity index (χ3v) is 4.58. The Bertz CT molecular complexity index is 805. The minimum atomic E-state index is -1.10. The molecule has 2 atom stereocenters. The molecule has 0 bridgehead atoms. The van der Waals surface area contributed by atoms with Crippen molar-refractivity contribution in [2.24, 2.45) is 5.92 Å². The van der Waals surface area contributed by atoms with Gasteiger partial charge in [0.25, 0.3) is 0 Å². The van der Waals surface area contributed by atoms with Gasteiger partial charge in [-0.05, 0) is 17.9 Å². The van der Waals surface area contributed by atoms with Gasteiger partial charge in [-0.25, -0.2) is 0 Å². The molecule has 0 fully saturated rings. The van der Waals surface area contributed by atoms with Crippen LogP contribution in [0.15, 0.2) is 60.7 Å². The van der Waals surface area contributed by atoms with E-state index in [0.29, 0.717) is 5.56 Å². The van der Waals surface area contributed by atoms with Gasteiger partial charge in [0.2, 0.25) is 0 Å². The molecular weight excluding hydrogens is 370 g/mol. The van der Waals surface area contributed by atoms with E-state index in [4.69, 9.17) is 4.74 Å². The number of ketones is 1. The Labute approximate surface area is 170 Å². The van der Waals surface area contributed by atoms with Gasteiger partial charge < -0.3 is 9.84 Å². The smallest absolute Gasteiger partial charge is 0.323 e. The molecule has 6 heteroatoms. The zero-order valence-electron chi connectivity index (χ0n) is 16.7. The van der Waals surface area contributed by atoms with Crippen molar-refractivity contribution in [1.82, 2.24) is 5.32 Å². The van der Waals surface area contributed by atoms with Crippen molar-refractivity contribution < 1.29 is 24.2 Å². The Morgan fingerprint density at radius 3 is 2.10 bits per heavy atom. The van der Waals surface area contributed by atoms with E-state index in [1.54, 1.807) is 24.3 Å². The first-order valence-electron chi connectivity index (χ1n) is 9.66. The average molecular weight is 397 g/mol. The third-order valence-electron chi connectivity index (χ3n) is 4.58.